The largest absolute Gasteiger partial charge is 0.206 e. The van der Waals surface area contributed by atoms with Gasteiger partial charge < -0.3 is 0 Å². The van der Waals surface area contributed by atoms with Crippen LogP contribution in [0.25, 0.3) is 11.1 Å². The Morgan fingerprint density at radius 1 is 0.963 bits per heavy atom. The van der Waals surface area contributed by atoms with Gasteiger partial charge in [-0.2, -0.15) is 0 Å². The highest BCUT2D eigenvalue weighted by atomic mass is 19.1. The van der Waals surface area contributed by atoms with Crippen molar-refractivity contribution in [1.29, 1.82) is 0 Å². The molecule has 1 aliphatic rings. The zero-order valence-electron chi connectivity index (χ0n) is 16.7. The van der Waals surface area contributed by atoms with Gasteiger partial charge >= 0.3 is 0 Å². The second kappa shape index (κ2) is 9.75. The Balaban J connectivity index is 1.65. The van der Waals surface area contributed by atoms with Crippen LogP contribution in [0.2, 0.25) is 0 Å². The Kier molecular flexibility index (Phi) is 7.11. The first-order valence-electron chi connectivity index (χ1n) is 10.5. The third-order valence-electron chi connectivity index (χ3n) is 5.87. The van der Waals surface area contributed by atoms with E-state index in [1.807, 2.05) is 13.0 Å². The van der Waals surface area contributed by atoms with Gasteiger partial charge in [0.05, 0.1) is 0 Å². The summed E-state index contributed by atoms with van der Waals surface area (Å²) in [5.74, 6) is 7.48. The third-order valence-corrected chi connectivity index (χ3v) is 5.87. The van der Waals surface area contributed by atoms with Crippen molar-refractivity contribution in [2.75, 3.05) is 0 Å². The van der Waals surface area contributed by atoms with Gasteiger partial charge in [-0.25, -0.2) is 4.39 Å². The molecule has 1 aliphatic carbocycles. The molecule has 0 aromatic heterocycles. The molecule has 1 fully saturated rings. The lowest BCUT2D eigenvalue weighted by Crippen LogP contribution is -2.11. The van der Waals surface area contributed by atoms with E-state index in [1.165, 1.54) is 44.1 Å². The Morgan fingerprint density at radius 2 is 1.70 bits per heavy atom. The van der Waals surface area contributed by atoms with Crippen molar-refractivity contribution in [1.82, 2.24) is 0 Å². The van der Waals surface area contributed by atoms with Crippen molar-refractivity contribution in [3.63, 3.8) is 0 Å². The molecule has 0 spiro atoms. The highest BCUT2D eigenvalue weighted by Crippen LogP contribution is 2.36. The fourth-order valence-electron chi connectivity index (χ4n) is 4.24. The van der Waals surface area contributed by atoms with Crippen molar-refractivity contribution >= 4 is 0 Å². The van der Waals surface area contributed by atoms with Crippen LogP contribution < -0.4 is 0 Å². The predicted octanol–water partition coefficient (Wildman–Crippen LogP) is 7.52. The van der Waals surface area contributed by atoms with E-state index in [2.05, 4.69) is 49.1 Å². The van der Waals surface area contributed by atoms with E-state index in [0.717, 1.165) is 24.0 Å². The lowest BCUT2D eigenvalue weighted by Gasteiger charge is -2.26. The molecule has 142 valence electrons. The van der Waals surface area contributed by atoms with Crippen LogP contribution in [0.3, 0.4) is 0 Å². The zero-order valence-corrected chi connectivity index (χ0v) is 16.7. The highest BCUT2D eigenvalue weighted by Gasteiger charge is 2.21. The fraction of sp³-hybridized carbons (Fsp3) is 0.462. The van der Waals surface area contributed by atoms with E-state index in [-0.39, 0.29) is 5.82 Å². The standard InChI is InChI=1S/C26H31F/c1-3-5-6-8-21-11-18-25(26(27)19-21)24-16-14-23(15-17-24)22-12-9-20(7-4-2)10-13-22/h11,14-20,22H,3,5-6,8-10,12-13H2,1-2H3/t20-,22-. The van der Waals surface area contributed by atoms with E-state index in [0.29, 0.717) is 17.4 Å². The topological polar surface area (TPSA) is 0 Å². The molecule has 0 nitrogen and oxygen atoms in total. The molecule has 0 saturated heterocycles. The fourth-order valence-corrected chi connectivity index (χ4v) is 4.24. The second-order valence-electron chi connectivity index (χ2n) is 7.84. The van der Waals surface area contributed by atoms with Crippen LogP contribution in [0.1, 0.15) is 75.8 Å². The minimum atomic E-state index is -0.101. The summed E-state index contributed by atoms with van der Waals surface area (Å²) in [6.07, 6.45) is 9.31. The Bertz CT molecular complexity index is 783. The first kappa shape index (κ1) is 19.7. The smallest absolute Gasteiger partial charge is 0.131 e. The van der Waals surface area contributed by atoms with Crippen LogP contribution in [0.15, 0.2) is 42.5 Å². The molecular weight excluding hydrogens is 331 g/mol. The third kappa shape index (κ3) is 5.23. The molecule has 0 bridgehead atoms. The van der Waals surface area contributed by atoms with Gasteiger partial charge in [-0.1, -0.05) is 56.2 Å². The number of aryl methyl sites for hydroxylation is 1. The molecule has 0 N–H and O–H groups in total. The predicted molar refractivity (Wildman–Crippen MR) is 113 cm³/mol. The molecule has 0 radical (unpaired) electrons. The van der Waals surface area contributed by atoms with Crippen LogP contribution in [0.5, 0.6) is 0 Å². The monoisotopic (exact) mass is 362 g/mol. The van der Waals surface area contributed by atoms with Gasteiger partial charge in [-0.05, 0) is 74.1 Å². The van der Waals surface area contributed by atoms with Crippen LogP contribution >= 0.6 is 0 Å². The Morgan fingerprint density at radius 3 is 2.33 bits per heavy atom. The van der Waals surface area contributed by atoms with Crippen molar-refractivity contribution in [3.8, 4) is 23.0 Å². The normalized spacial score (nSPS) is 19.4. The molecule has 0 unspecified atom stereocenters. The Labute approximate surface area is 164 Å². The van der Waals surface area contributed by atoms with Gasteiger partial charge in [-0.15, -0.1) is 11.8 Å². The minimum absolute atomic E-state index is 0.101. The lowest BCUT2D eigenvalue weighted by molar-refractivity contribution is 0.384. The van der Waals surface area contributed by atoms with Gasteiger partial charge in [-0.3, -0.25) is 0 Å². The molecule has 3 rings (SSSR count). The van der Waals surface area contributed by atoms with Crippen molar-refractivity contribution in [2.24, 2.45) is 5.92 Å². The van der Waals surface area contributed by atoms with E-state index >= 15 is 0 Å². The quantitative estimate of drug-likeness (QED) is 0.368. The number of benzene rings is 2. The average Bonchev–Trinajstić information content (AvgIpc) is 2.69. The molecule has 0 atom stereocenters. The first-order valence-corrected chi connectivity index (χ1v) is 10.5. The summed E-state index contributed by atoms with van der Waals surface area (Å²) in [4.78, 5) is 0. The molecule has 27 heavy (non-hydrogen) atoms. The molecule has 1 saturated carbocycles. The SMILES string of the molecule is CC#C[C@H]1CC[C@H](c2ccc(-c3ccc(CCCCC)cc3F)cc2)CC1. The van der Waals surface area contributed by atoms with Crippen molar-refractivity contribution in [2.45, 2.75) is 71.1 Å². The van der Waals surface area contributed by atoms with E-state index in [4.69, 9.17) is 0 Å². The number of hydrogen-bond acceptors (Lipinski definition) is 0. The molecule has 0 amide bonds. The number of rotatable bonds is 6. The van der Waals surface area contributed by atoms with E-state index in [1.54, 1.807) is 6.07 Å². The van der Waals surface area contributed by atoms with Gasteiger partial charge in [0.1, 0.15) is 5.82 Å². The second-order valence-corrected chi connectivity index (χ2v) is 7.84. The summed E-state index contributed by atoms with van der Waals surface area (Å²) in [5, 5.41) is 0. The maximum absolute atomic E-state index is 14.6. The van der Waals surface area contributed by atoms with Gasteiger partial charge in [0, 0.05) is 11.5 Å². The minimum Gasteiger partial charge on any atom is -0.206 e. The number of halogens is 1. The first-order chi connectivity index (χ1) is 13.2. The lowest BCUT2D eigenvalue weighted by atomic mass is 9.79. The Hall–Kier alpha value is -2.07. The molecule has 1 heteroatoms. The summed E-state index contributed by atoms with van der Waals surface area (Å²) in [6.45, 7) is 4.12. The van der Waals surface area contributed by atoms with Gasteiger partial charge in [0.15, 0.2) is 0 Å². The van der Waals surface area contributed by atoms with Crippen LogP contribution in [0, 0.1) is 23.6 Å². The molecular formula is C26H31F. The average molecular weight is 363 g/mol. The maximum Gasteiger partial charge on any atom is 0.131 e. The summed E-state index contributed by atoms with van der Waals surface area (Å²) in [6, 6.07) is 14.3. The van der Waals surface area contributed by atoms with Crippen LogP contribution in [0.4, 0.5) is 4.39 Å². The van der Waals surface area contributed by atoms with E-state index in [9.17, 15) is 4.39 Å². The van der Waals surface area contributed by atoms with E-state index < -0.39 is 0 Å². The van der Waals surface area contributed by atoms with Crippen molar-refractivity contribution < 1.29 is 4.39 Å². The van der Waals surface area contributed by atoms with Crippen molar-refractivity contribution in [3.05, 3.63) is 59.4 Å². The summed E-state index contributed by atoms with van der Waals surface area (Å²) < 4.78 is 14.6. The number of unbranched alkanes of at least 4 members (excludes halogenated alkanes) is 2. The molecule has 2 aromatic carbocycles. The maximum atomic E-state index is 14.6. The van der Waals surface area contributed by atoms with Crippen LogP contribution in [-0.4, -0.2) is 0 Å². The summed E-state index contributed by atoms with van der Waals surface area (Å²) in [5.41, 5.74) is 4.18. The van der Waals surface area contributed by atoms with Crippen LogP contribution in [-0.2, 0) is 6.42 Å². The summed E-state index contributed by atoms with van der Waals surface area (Å²) >= 11 is 0. The van der Waals surface area contributed by atoms with Gasteiger partial charge in [0.25, 0.3) is 0 Å². The highest BCUT2D eigenvalue weighted by molar-refractivity contribution is 5.65. The summed E-state index contributed by atoms with van der Waals surface area (Å²) in [7, 11) is 0. The number of hydrogen-bond donors (Lipinski definition) is 0. The van der Waals surface area contributed by atoms with Gasteiger partial charge in [0.2, 0.25) is 0 Å². The molecule has 0 heterocycles. The molecule has 2 aromatic rings. The molecule has 0 aliphatic heterocycles. The zero-order chi connectivity index (χ0) is 19.1.